The first-order valence-electron chi connectivity index (χ1n) is 10.6. The number of thiophene rings is 1. The molecule has 0 radical (unpaired) electrons. The molecule has 172 valence electrons. The molecule has 2 N–H and O–H groups in total. The van der Waals surface area contributed by atoms with Gasteiger partial charge in [0.15, 0.2) is 5.96 Å². The molecule has 0 aliphatic carbocycles. The fraction of sp³-hybridized carbons (Fsp3) is 0.545. The standard InChI is InChI=1S/C22H33N5O2S.HI/c1-4-10-29-21-8-7-18(13-24-21)14-25-22(23-3)26-15-19(20-6-5-12-30-20)27-9-11-28-17(2)16-27;/h5-8,12-13,17,19H,4,9-11,14-16H2,1-3H3,(H2,23,25,26);1H. The van der Waals surface area contributed by atoms with Crippen molar-refractivity contribution in [3.05, 3.63) is 46.3 Å². The summed E-state index contributed by atoms with van der Waals surface area (Å²) in [6.07, 6.45) is 3.08. The Morgan fingerprint density at radius 3 is 2.90 bits per heavy atom. The summed E-state index contributed by atoms with van der Waals surface area (Å²) < 4.78 is 11.3. The number of aromatic nitrogens is 1. The Labute approximate surface area is 206 Å². The molecule has 3 rings (SSSR count). The highest BCUT2D eigenvalue weighted by atomic mass is 127. The highest BCUT2D eigenvalue weighted by Gasteiger charge is 2.26. The molecule has 1 aliphatic heterocycles. The molecule has 0 spiro atoms. The smallest absolute Gasteiger partial charge is 0.213 e. The lowest BCUT2D eigenvalue weighted by atomic mass is 10.1. The molecule has 31 heavy (non-hydrogen) atoms. The molecule has 2 aromatic heterocycles. The average Bonchev–Trinajstić information content (AvgIpc) is 3.30. The first-order chi connectivity index (χ1) is 14.7. The van der Waals surface area contributed by atoms with Crippen molar-refractivity contribution in [2.24, 2.45) is 4.99 Å². The molecule has 9 heteroatoms. The molecule has 0 aromatic carbocycles. The number of ether oxygens (including phenoxy) is 2. The number of nitrogens with one attached hydrogen (secondary N) is 2. The van der Waals surface area contributed by atoms with Crippen LogP contribution in [-0.4, -0.2) is 61.8 Å². The summed E-state index contributed by atoms with van der Waals surface area (Å²) in [5, 5.41) is 9.02. The molecule has 2 unspecified atom stereocenters. The molecule has 0 amide bonds. The lowest BCUT2D eigenvalue weighted by Crippen LogP contribution is -2.47. The maximum atomic E-state index is 5.73. The zero-order valence-corrected chi connectivity index (χ0v) is 21.7. The minimum atomic E-state index is 0. The molecular weight excluding hydrogens is 525 g/mol. The van der Waals surface area contributed by atoms with Gasteiger partial charge in [-0.05, 0) is 30.4 Å². The number of hydrogen-bond donors (Lipinski definition) is 2. The van der Waals surface area contributed by atoms with Crippen LogP contribution in [0, 0.1) is 0 Å². The SMILES string of the molecule is CCCOc1ccc(CNC(=NC)NCC(c2cccs2)N2CCOC(C)C2)cn1.I. The van der Waals surface area contributed by atoms with Gasteiger partial charge in [-0.25, -0.2) is 4.98 Å². The summed E-state index contributed by atoms with van der Waals surface area (Å²) in [6, 6.07) is 8.56. The molecule has 2 aromatic rings. The van der Waals surface area contributed by atoms with Gasteiger partial charge in [0.2, 0.25) is 5.88 Å². The Morgan fingerprint density at radius 2 is 2.26 bits per heavy atom. The zero-order chi connectivity index (χ0) is 21.2. The first kappa shape index (κ1) is 25.8. The summed E-state index contributed by atoms with van der Waals surface area (Å²) >= 11 is 1.80. The lowest BCUT2D eigenvalue weighted by Gasteiger charge is -2.37. The van der Waals surface area contributed by atoms with Gasteiger partial charge in [0, 0.05) is 50.4 Å². The number of aliphatic imine (C=N–C) groups is 1. The Bertz CT molecular complexity index is 773. The Kier molecular flexibility index (Phi) is 11.6. The van der Waals surface area contributed by atoms with E-state index < -0.39 is 0 Å². The molecule has 1 fully saturated rings. The molecule has 1 aliphatic rings. The summed E-state index contributed by atoms with van der Waals surface area (Å²) in [6.45, 7) is 9.01. The average molecular weight is 560 g/mol. The van der Waals surface area contributed by atoms with Gasteiger partial charge in [0.05, 0.1) is 25.4 Å². The van der Waals surface area contributed by atoms with Crippen molar-refractivity contribution >= 4 is 41.3 Å². The Balaban J connectivity index is 0.00000341. The zero-order valence-electron chi connectivity index (χ0n) is 18.5. The number of guanidine groups is 1. The van der Waals surface area contributed by atoms with Crippen LogP contribution in [0.2, 0.25) is 0 Å². The molecule has 7 nitrogen and oxygen atoms in total. The van der Waals surface area contributed by atoms with E-state index in [2.05, 4.69) is 56.9 Å². The minimum absolute atomic E-state index is 0. The van der Waals surface area contributed by atoms with Crippen LogP contribution in [0.4, 0.5) is 0 Å². The van der Waals surface area contributed by atoms with E-state index in [1.54, 1.807) is 18.4 Å². The maximum Gasteiger partial charge on any atom is 0.213 e. The van der Waals surface area contributed by atoms with E-state index in [0.717, 1.165) is 44.2 Å². The summed E-state index contributed by atoms with van der Waals surface area (Å²) in [5.74, 6) is 1.45. The fourth-order valence-electron chi connectivity index (χ4n) is 3.43. The summed E-state index contributed by atoms with van der Waals surface area (Å²) in [4.78, 5) is 12.6. The van der Waals surface area contributed by atoms with Crippen molar-refractivity contribution in [1.82, 2.24) is 20.5 Å². The number of rotatable bonds is 9. The van der Waals surface area contributed by atoms with Gasteiger partial charge in [-0.3, -0.25) is 9.89 Å². The summed E-state index contributed by atoms with van der Waals surface area (Å²) in [7, 11) is 1.80. The third-order valence-electron chi connectivity index (χ3n) is 4.98. The molecular formula is C22H34IN5O2S. The number of morpholine rings is 1. The van der Waals surface area contributed by atoms with Gasteiger partial charge in [0.1, 0.15) is 0 Å². The molecule has 1 saturated heterocycles. The number of nitrogens with zero attached hydrogens (tertiary/aromatic N) is 3. The van der Waals surface area contributed by atoms with Crippen LogP contribution in [0.15, 0.2) is 40.8 Å². The number of hydrogen-bond acceptors (Lipinski definition) is 6. The predicted octanol–water partition coefficient (Wildman–Crippen LogP) is 3.68. The second-order valence-electron chi connectivity index (χ2n) is 7.37. The van der Waals surface area contributed by atoms with E-state index in [-0.39, 0.29) is 30.1 Å². The minimum Gasteiger partial charge on any atom is -0.478 e. The fourth-order valence-corrected chi connectivity index (χ4v) is 4.29. The monoisotopic (exact) mass is 559 g/mol. The van der Waals surface area contributed by atoms with E-state index in [1.807, 2.05) is 18.3 Å². The van der Waals surface area contributed by atoms with Crippen molar-refractivity contribution < 1.29 is 9.47 Å². The van der Waals surface area contributed by atoms with E-state index in [9.17, 15) is 0 Å². The second kappa shape index (κ2) is 13.9. The molecule has 2 atom stereocenters. The number of halogens is 1. The van der Waals surface area contributed by atoms with Crippen molar-refractivity contribution in [2.45, 2.75) is 39.0 Å². The van der Waals surface area contributed by atoms with Crippen molar-refractivity contribution in [3.8, 4) is 5.88 Å². The van der Waals surface area contributed by atoms with Crippen LogP contribution in [0.1, 0.15) is 36.8 Å². The topological polar surface area (TPSA) is 71.0 Å². The van der Waals surface area contributed by atoms with Crippen LogP contribution in [0.25, 0.3) is 0 Å². The van der Waals surface area contributed by atoms with Crippen molar-refractivity contribution in [2.75, 3.05) is 39.9 Å². The molecule has 3 heterocycles. The third kappa shape index (κ3) is 8.21. The Morgan fingerprint density at radius 1 is 1.39 bits per heavy atom. The van der Waals surface area contributed by atoms with Crippen molar-refractivity contribution in [1.29, 1.82) is 0 Å². The van der Waals surface area contributed by atoms with E-state index in [4.69, 9.17) is 9.47 Å². The van der Waals surface area contributed by atoms with Crippen molar-refractivity contribution in [3.63, 3.8) is 0 Å². The van der Waals surface area contributed by atoms with E-state index >= 15 is 0 Å². The van der Waals surface area contributed by atoms with Gasteiger partial charge >= 0.3 is 0 Å². The quantitative estimate of drug-likeness (QED) is 0.278. The van der Waals surface area contributed by atoms with Gasteiger partial charge in [-0.1, -0.05) is 19.1 Å². The largest absolute Gasteiger partial charge is 0.478 e. The van der Waals surface area contributed by atoms with Crippen LogP contribution in [0.3, 0.4) is 0 Å². The van der Waals surface area contributed by atoms with Crippen LogP contribution in [0.5, 0.6) is 5.88 Å². The Hall–Kier alpha value is -1.43. The molecule has 0 saturated carbocycles. The van der Waals surface area contributed by atoms with Gasteiger partial charge in [-0.2, -0.15) is 0 Å². The normalized spacial score (nSPS) is 18.2. The highest BCUT2D eigenvalue weighted by Crippen LogP contribution is 2.26. The van der Waals surface area contributed by atoms with E-state index in [0.29, 0.717) is 25.1 Å². The lowest BCUT2D eigenvalue weighted by molar-refractivity contribution is -0.0334. The first-order valence-corrected chi connectivity index (χ1v) is 11.5. The molecule has 0 bridgehead atoms. The van der Waals surface area contributed by atoms with Crippen LogP contribution in [-0.2, 0) is 11.3 Å². The predicted molar refractivity (Wildman–Crippen MR) is 138 cm³/mol. The summed E-state index contributed by atoms with van der Waals surface area (Å²) in [5.41, 5.74) is 1.08. The number of pyridine rings is 1. The van der Waals surface area contributed by atoms with Gasteiger partial charge in [-0.15, -0.1) is 35.3 Å². The van der Waals surface area contributed by atoms with Gasteiger partial charge < -0.3 is 20.1 Å². The van der Waals surface area contributed by atoms with Crippen LogP contribution < -0.4 is 15.4 Å². The highest BCUT2D eigenvalue weighted by molar-refractivity contribution is 14.0. The third-order valence-corrected chi connectivity index (χ3v) is 5.96. The maximum absolute atomic E-state index is 5.73. The van der Waals surface area contributed by atoms with E-state index in [1.165, 1.54) is 4.88 Å². The van der Waals surface area contributed by atoms with Crippen LogP contribution >= 0.6 is 35.3 Å². The van der Waals surface area contributed by atoms with Gasteiger partial charge in [0.25, 0.3) is 0 Å². The second-order valence-corrected chi connectivity index (χ2v) is 8.35.